The summed E-state index contributed by atoms with van der Waals surface area (Å²) in [6.45, 7) is 3.32. The highest BCUT2D eigenvalue weighted by Gasteiger charge is 2.18. The molecule has 1 aromatic heterocycles. The summed E-state index contributed by atoms with van der Waals surface area (Å²) in [6, 6.07) is 7.22. The van der Waals surface area contributed by atoms with Gasteiger partial charge in [-0.05, 0) is 31.2 Å². The normalized spacial score (nSPS) is 21.6. The monoisotopic (exact) mass is 244 g/mol. The molecule has 0 amide bonds. The molecule has 4 heteroatoms. The number of fused-ring (bicyclic) bond motifs is 1. The van der Waals surface area contributed by atoms with Gasteiger partial charge in [0.25, 0.3) is 0 Å². The molecule has 1 aliphatic rings. The maximum absolute atomic E-state index is 4.42. The molecule has 1 fully saturated rings. The minimum absolute atomic E-state index is 0.597. The third kappa shape index (κ3) is 2.13. The van der Waals surface area contributed by atoms with Gasteiger partial charge in [0, 0.05) is 32.7 Å². The molecule has 1 unspecified atom stereocenters. The van der Waals surface area contributed by atoms with Gasteiger partial charge < -0.3 is 14.8 Å². The standard InChI is InChI=1S/C14H20N4/c1-17-6-5-15-9-12(17)7-11-3-4-14-13(8-11)16-10-18(14)2/h3-4,8,10,12,15H,5-7,9H2,1-2H3. The summed E-state index contributed by atoms with van der Waals surface area (Å²) in [7, 11) is 4.25. The van der Waals surface area contributed by atoms with Crippen molar-refractivity contribution < 1.29 is 0 Å². The number of imidazole rings is 1. The predicted molar refractivity (Wildman–Crippen MR) is 73.7 cm³/mol. The van der Waals surface area contributed by atoms with Crippen molar-refractivity contribution in [3.63, 3.8) is 0 Å². The van der Waals surface area contributed by atoms with Crippen molar-refractivity contribution in [3.05, 3.63) is 30.1 Å². The minimum Gasteiger partial charge on any atom is -0.334 e. The number of aryl methyl sites for hydroxylation is 1. The van der Waals surface area contributed by atoms with Crippen LogP contribution in [-0.4, -0.2) is 47.2 Å². The van der Waals surface area contributed by atoms with Crippen LogP contribution in [0.4, 0.5) is 0 Å². The molecule has 1 saturated heterocycles. The van der Waals surface area contributed by atoms with E-state index in [0.717, 1.165) is 31.6 Å². The number of rotatable bonds is 2. The highest BCUT2D eigenvalue weighted by atomic mass is 15.2. The first-order valence-corrected chi connectivity index (χ1v) is 6.55. The number of hydrogen-bond acceptors (Lipinski definition) is 3. The lowest BCUT2D eigenvalue weighted by molar-refractivity contribution is 0.199. The Morgan fingerprint density at radius 3 is 3.11 bits per heavy atom. The first-order chi connectivity index (χ1) is 8.74. The second-order valence-corrected chi connectivity index (χ2v) is 5.22. The van der Waals surface area contributed by atoms with Gasteiger partial charge in [-0.3, -0.25) is 0 Å². The Kier molecular flexibility index (Phi) is 3.06. The molecule has 0 spiro atoms. The summed E-state index contributed by atoms with van der Waals surface area (Å²) in [4.78, 5) is 6.87. The minimum atomic E-state index is 0.597. The Labute approximate surface area is 108 Å². The molecule has 2 aromatic rings. The third-order valence-corrected chi connectivity index (χ3v) is 3.91. The summed E-state index contributed by atoms with van der Waals surface area (Å²) in [5.41, 5.74) is 3.68. The van der Waals surface area contributed by atoms with Crippen LogP contribution >= 0.6 is 0 Å². The van der Waals surface area contributed by atoms with Crippen LogP contribution in [-0.2, 0) is 13.5 Å². The van der Waals surface area contributed by atoms with E-state index >= 15 is 0 Å². The van der Waals surface area contributed by atoms with Crippen LogP contribution in [0.1, 0.15) is 5.56 Å². The van der Waals surface area contributed by atoms with E-state index in [0.29, 0.717) is 6.04 Å². The number of likely N-dealkylation sites (N-methyl/N-ethyl adjacent to an activating group) is 1. The average Bonchev–Trinajstić information content (AvgIpc) is 2.74. The largest absolute Gasteiger partial charge is 0.334 e. The molecule has 0 aliphatic carbocycles. The quantitative estimate of drug-likeness (QED) is 0.856. The average molecular weight is 244 g/mol. The van der Waals surface area contributed by atoms with Gasteiger partial charge in [0.05, 0.1) is 17.4 Å². The topological polar surface area (TPSA) is 33.1 Å². The van der Waals surface area contributed by atoms with Gasteiger partial charge in [-0.15, -0.1) is 0 Å². The van der Waals surface area contributed by atoms with Gasteiger partial charge in [0.2, 0.25) is 0 Å². The van der Waals surface area contributed by atoms with Gasteiger partial charge in [-0.2, -0.15) is 0 Å². The second-order valence-electron chi connectivity index (χ2n) is 5.22. The van der Waals surface area contributed by atoms with Crippen molar-refractivity contribution in [2.75, 3.05) is 26.7 Å². The van der Waals surface area contributed by atoms with Gasteiger partial charge in [-0.25, -0.2) is 4.98 Å². The Morgan fingerprint density at radius 1 is 1.39 bits per heavy atom. The van der Waals surface area contributed by atoms with Crippen LogP contribution in [0.2, 0.25) is 0 Å². The fourth-order valence-electron chi connectivity index (χ4n) is 2.67. The van der Waals surface area contributed by atoms with Crippen LogP contribution in [0.25, 0.3) is 11.0 Å². The van der Waals surface area contributed by atoms with E-state index in [1.807, 2.05) is 13.4 Å². The Bertz CT molecular complexity index is 546. The van der Waals surface area contributed by atoms with Crippen LogP contribution in [0.3, 0.4) is 0 Å². The Hall–Kier alpha value is -1.39. The summed E-state index contributed by atoms with van der Waals surface area (Å²) < 4.78 is 2.06. The Morgan fingerprint density at radius 2 is 2.28 bits per heavy atom. The van der Waals surface area contributed by atoms with E-state index in [4.69, 9.17) is 0 Å². The van der Waals surface area contributed by atoms with Gasteiger partial charge >= 0.3 is 0 Å². The van der Waals surface area contributed by atoms with Crippen molar-refractivity contribution in [3.8, 4) is 0 Å². The number of benzene rings is 1. The molecule has 1 atom stereocenters. The van der Waals surface area contributed by atoms with E-state index in [-0.39, 0.29) is 0 Å². The fourth-order valence-corrected chi connectivity index (χ4v) is 2.67. The van der Waals surface area contributed by atoms with Crippen LogP contribution in [0.5, 0.6) is 0 Å². The van der Waals surface area contributed by atoms with Crippen molar-refractivity contribution in [2.45, 2.75) is 12.5 Å². The van der Waals surface area contributed by atoms with E-state index in [2.05, 4.69) is 45.0 Å². The van der Waals surface area contributed by atoms with Gasteiger partial charge in [-0.1, -0.05) is 6.07 Å². The molecule has 2 heterocycles. The fraction of sp³-hybridized carbons (Fsp3) is 0.500. The number of hydrogen-bond donors (Lipinski definition) is 1. The Balaban J connectivity index is 1.81. The van der Waals surface area contributed by atoms with E-state index in [9.17, 15) is 0 Å². The summed E-state index contributed by atoms with van der Waals surface area (Å²) in [6.07, 6.45) is 2.97. The van der Waals surface area contributed by atoms with E-state index in [1.165, 1.54) is 11.1 Å². The molecular weight excluding hydrogens is 224 g/mol. The van der Waals surface area contributed by atoms with E-state index in [1.54, 1.807) is 0 Å². The van der Waals surface area contributed by atoms with Crippen molar-refractivity contribution in [1.29, 1.82) is 0 Å². The van der Waals surface area contributed by atoms with Crippen LogP contribution in [0, 0.1) is 0 Å². The summed E-state index contributed by atoms with van der Waals surface area (Å²) >= 11 is 0. The van der Waals surface area contributed by atoms with Gasteiger partial charge in [0.15, 0.2) is 0 Å². The molecule has 4 nitrogen and oxygen atoms in total. The van der Waals surface area contributed by atoms with Crippen LogP contribution in [0.15, 0.2) is 24.5 Å². The lowest BCUT2D eigenvalue weighted by Gasteiger charge is -2.33. The second kappa shape index (κ2) is 4.71. The molecule has 0 bridgehead atoms. The van der Waals surface area contributed by atoms with Crippen molar-refractivity contribution >= 4 is 11.0 Å². The van der Waals surface area contributed by atoms with Gasteiger partial charge in [0.1, 0.15) is 0 Å². The molecule has 1 N–H and O–H groups in total. The highest BCUT2D eigenvalue weighted by Crippen LogP contribution is 2.16. The van der Waals surface area contributed by atoms with E-state index < -0.39 is 0 Å². The lowest BCUT2D eigenvalue weighted by Crippen LogP contribution is -2.50. The first kappa shape index (κ1) is 11.7. The smallest absolute Gasteiger partial charge is 0.0955 e. The SMILES string of the molecule is CN1CCNCC1Cc1ccc2c(c1)ncn2C. The molecule has 18 heavy (non-hydrogen) atoms. The molecule has 0 saturated carbocycles. The molecule has 1 aromatic carbocycles. The molecule has 96 valence electrons. The van der Waals surface area contributed by atoms with Crippen molar-refractivity contribution in [2.24, 2.45) is 7.05 Å². The first-order valence-electron chi connectivity index (χ1n) is 6.55. The third-order valence-electron chi connectivity index (χ3n) is 3.91. The van der Waals surface area contributed by atoms with Crippen molar-refractivity contribution in [1.82, 2.24) is 19.8 Å². The maximum Gasteiger partial charge on any atom is 0.0955 e. The number of nitrogens with zero attached hydrogens (tertiary/aromatic N) is 3. The summed E-state index contributed by atoms with van der Waals surface area (Å²) in [5, 5.41) is 3.47. The number of aromatic nitrogens is 2. The molecular formula is C14H20N4. The zero-order chi connectivity index (χ0) is 12.5. The highest BCUT2D eigenvalue weighted by molar-refractivity contribution is 5.75. The molecule has 0 radical (unpaired) electrons. The zero-order valence-electron chi connectivity index (χ0n) is 11.1. The molecule has 1 aliphatic heterocycles. The maximum atomic E-state index is 4.42. The number of piperazine rings is 1. The molecule has 3 rings (SSSR count). The predicted octanol–water partition coefficient (Wildman–Crippen LogP) is 1.02. The van der Waals surface area contributed by atoms with Crippen LogP contribution < -0.4 is 5.32 Å². The number of nitrogens with one attached hydrogen (secondary N) is 1. The summed E-state index contributed by atoms with van der Waals surface area (Å²) in [5.74, 6) is 0. The lowest BCUT2D eigenvalue weighted by atomic mass is 10.0. The zero-order valence-corrected chi connectivity index (χ0v) is 11.1.